The van der Waals surface area contributed by atoms with E-state index in [0.717, 1.165) is 70.8 Å². The van der Waals surface area contributed by atoms with Crippen molar-refractivity contribution < 1.29 is 14.3 Å². The molecule has 1 aromatic heterocycles. The van der Waals surface area contributed by atoms with Gasteiger partial charge in [0.25, 0.3) is 11.8 Å². The number of carbonyl (C=O) groups excluding carboxylic acids is 2. The number of nitrogens with one attached hydrogen (secondary N) is 1. The van der Waals surface area contributed by atoms with E-state index in [1.54, 1.807) is 12.4 Å². The molecule has 188 valence electrons. The predicted molar refractivity (Wildman–Crippen MR) is 132 cm³/mol. The van der Waals surface area contributed by atoms with E-state index in [-0.39, 0.29) is 35.1 Å². The maximum Gasteiger partial charge on any atom is 0.259 e. The smallest absolute Gasteiger partial charge is 0.259 e. The highest BCUT2D eigenvalue weighted by Crippen LogP contribution is 2.19. The number of hydrogen-bond donors (Lipinski definition) is 1. The van der Waals surface area contributed by atoms with E-state index in [1.165, 1.54) is 25.7 Å². The summed E-state index contributed by atoms with van der Waals surface area (Å²) in [5.74, 6) is -0.590. The van der Waals surface area contributed by atoms with Crippen LogP contribution in [0.3, 0.4) is 0 Å². The van der Waals surface area contributed by atoms with Gasteiger partial charge >= 0.3 is 0 Å². The molecule has 4 rings (SSSR count). The van der Waals surface area contributed by atoms with Gasteiger partial charge in [-0.3, -0.25) is 14.4 Å². The van der Waals surface area contributed by atoms with Gasteiger partial charge in [0.1, 0.15) is 11.1 Å². The van der Waals surface area contributed by atoms with Gasteiger partial charge in [0, 0.05) is 44.7 Å². The minimum absolute atomic E-state index is 0.0497. The summed E-state index contributed by atoms with van der Waals surface area (Å²) < 4.78 is 7.62. The fourth-order valence-corrected chi connectivity index (χ4v) is 5.56. The molecule has 34 heavy (non-hydrogen) atoms. The minimum atomic E-state index is -0.445. The number of likely N-dealkylation sites (tertiary alicyclic amines) is 1. The number of amides is 2. The second-order valence-corrected chi connectivity index (χ2v) is 10.3. The Morgan fingerprint density at radius 2 is 1.44 bits per heavy atom. The second-order valence-electron chi connectivity index (χ2n) is 10.3. The average Bonchev–Trinajstić information content (AvgIpc) is 3.29. The molecule has 2 saturated heterocycles. The summed E-state index contributed by atoms with van der Waals surface area (Å²) >= 11 is 0. The third-order valence-corrected chi connectivity index (χ3v) is 7.58. The first kappa shape index (κ1) is 25.0. The number of hydrogen-bond acceptors (Lipinski definition) is 4. The number of carbonyl (C=O) groups is 2. The average molecular weight is 472 g/mol. The van der Waals surface area contributed by atoms with Crippen molar-refractivity contribution >= 4 is 11.8 Å². The molecule has 2 aliphatic heterocycles. The van der Waals surface area contributed by atoms with Gasteiger partial charge in [0.05, 0.1) is 6.10 Å². The maximum absolute atomic E-state index is 13.5. The lowest BCUT2D eigenvalue weighted by atomic mass is 9.96. The minimum Gasteiger partial charge on any atom is -0.376 e. The highest BCUT2D eigenvalue weighted by molar-refractivity contribution is 5.99. The molecule has 1 aliphatic carbocycles. The molecule has 7 heteroatoms. The molecule has 0 radical (unpaired) electrons. The molecule has 7 nitrogen and oxygen atoms in total. The van der Waals surface area contributed by atoms with Gasteiger partial charge in [-0.25, -0.2) is 0 Å². The van der Waals surface area contributed by atoms with Crippen LogP contribution < -0.4 is 10.7 Å². The number of aromatic nitrogens is 1. The summed E-state index contributed by atoms with van der Waals surface area (Å²) in [6.07, 6.45) is 18.4. The van der Waals surface area contributed by atoms with Crippen LogP contribution in [0.2, 0.25) is 0 Å². The number of ether oxygens (including phenoxy) is 1. The van der Waals surface area contributed by atoms with Crippen molar-refractivity contribution in [2.24, 2.45) is 0 Å². The summed E-state index contributed by atoms with van der Waals surface area (Å²) in [6.45, 7) is 2.62. The van der Waals surface area contributed by atoms with Crippen molar-refractivity contribution in [3.63, 3.8) is 0 Å². The first-order valence-corrected chi connectivity index (χ1v) is 13.6. The summed E-state index contributed by atoms with van der Waals surface area (Å²) in [5, 5.41) is 3.12. The predicted octanol–water partition coefficient (Wildman–Crippen LogP) is 4.28. The summed E-state index contributed by atoms with van der Waals surface area (Å²) in [4.78, 5) is 42.0. The molecular formula is C27H41N3O4. The summed E-state index contributed by atoms with van der Waals surface area (Å²) in [5.41, 5.74) is -0.249. The quantitative estimate of drug-likeness (QED) is 0.695. The van der Waals surface area contributed by atoms with E-state index in [1.807, 2.05) is 9.47 Å². The molecule has 0 unspecified atom stereocenters. The fourth-order valence-electron chi connectivity index (χ4n) is 5.56. The van der Waals surface area contributed by atoms with Crippen molar-refractivity contribution in [3.8, 4) is 0 Å². The molecule has 0 bridgehead atoms. The SMILES string of the molecule is O=C(NC1CCCCCCC1)c1cn(C[C@H]2CCCO2)cc(C(=O)N2CCCCCCC2)c1=O. The van der Waals surface area contributed by atoms with Gasteiger partial charge in [-0.2, -0.15) is 0 Å². The Morgan fingerprint density at radius 1 is 0.824 bits per heavy atom. The van der Waals surface area contributed by atoms with E-state index >= 15 is 0 Å². The van der Waals surface area contributed by atoms with E-state index in [0.29, 0.717) is 19.6 Å². The standard InChI is InChI=1S/C27H41N3O4/c31-25-23(26(32)28-21-12-7-3-1-4-8-13-21)19-29(18-22-14-11-17-34-22)20-24(25)27(33)30-15-9-5-2-6-10-16-30/h19-22H,1-18H2,(H,28,32)/t22-/m1/s1. The second kappa shape index (κ2) is 12.5. The molecule has 3 fully saturated rings. The Labute approximate surface area is 203 Å². The molecule has 0 aromatic carbocycles. The zero-order valence-electron chi connectivity index (χ0n) is 20.6. The van der Waals surface area contributed by atoms with Gasteiger partial charge in [0.2, 0.25) is 5.43 Å². The Kier molecular flexibility index (Phi) is 9.19. The third kappa shape index (κ3) is 6.71. The lowest BCUT2D eigenvalue weighted by Gasteiger charge is -2.25. The Morgan fingerprint density at radius 3 is 2.09 bits per heavy atom. The van der Waals surface area contributed by atoms with Crippen molar-refractivity contribution in [2.45, 2.75) is 109 Å². The normalized spacial score (nSPS) is 22.9. The Balaban J connectivity index is 1.59. The van der Waals surface area contributed by atoms with E-state index < -0.39 is 5.43 Å². The van der Waals surface area contributed by atoms with Gasteiger partial charge < -0.3 is 19.5 Å². The van der Waals surface area contributed by atoms with Crippen LogP contribution in [0, 0.1) is 0 Å². The summed E-state index contributed by atoms with van der Waals surface area (Å²) in [6, 6.07) is 0.0903. The Bertz CT molecular complexity index is 874. The van der Waals surface area contributed by atoms with Crippen LogP contribution in [0.1, 0.15) is 111 Å². The van der Waals surface area contributed by atoms with E-state index in [4.69, 9.17) is 4.74 Å². The van der Waals surface area contributed by atoms with Crippen LogP contribution in [0.15, 0.2) is 17.2 Å². The molecule has 1 aromatic rings. The van der Waals surface area contributed by atoms with Crippen molar-refractivity contribution in [1.82, 2.24) is 14.8 Å². The molecule has 1 saturated carbocycles. The van der Waals surface area contributed by atoms with Crippen LogP contribution in [0.25, 0.3) is 0 Å². The van der Waals surface area contributed by atoms with Crippen LogP contribution >= 0.6 is 0 Å². The zero-order chi connectivity index (χ0) is 23.8. The molecule has 2 amide bonds. The Hall–Kier alpha value is -2.15. The number of nitrogens with zero attached hydrogens (tertiary/aromatic N) is 2. The lowest BCUT2D eigenvalue weighted by molar-refractivity contribution is 0.0737. The molecule has 0 spiro atoms. The van der Waals surface area contributed by atoms with E-state index in [2.05, 4.69) is 5.32 Å². The lowest BCUT2D eigenvalue weighted by Crippen LogP contribution is -2.41. The maximum atomic E-state index is 13.5. The highest BCUT2D eigenvalue weighted by Gasteiger charge is 2.26. The molecular weight excluding hydrogens is 430 g/mol. The van der Waals surface area contributed by atoms with Crippen LogP contribution in [-0.2, 0) is 11.3 Å². The molecule has 3 heterocycles. The zero-order valence-corrected chi connectivity index (χ0v) is 20.6. The largest absolute Gasteiger partial charge is 0.376 e. The fraction of sp³-hybridized carbons (Fsp3) is 0.741. The van der Waals surface area contributed by atoms with Crippen LogP contribution in [0.5, 0.6) is 0 Å². The van der Waals surface area contributed by atoms with Crippen LogP contribution in [-0.4, -0.2) is 53.1 Å². The van der Waals surface area contributed by atoms with Gasteiger partial charge in [0.15, 0.2) is 0 Å². The van der Waals surface area contributed by atoms with Crippen molar-refractivity contribution in [2.75, 3.05) is 19.7 Å². The first-order chi connectivity index (χ1) is 16.6. The first-order valence-electron chi connectivity index (χ1n) is 13.6. The van der Waals surface area contributed by atoms with E-state index in [9.17, 15) is 14.4 Å². The van der Waals surface area contributed by atoms with Crippen molar-refractivity contribution in [3.05, 3.63) is 33.7 Å². The number of rotatable bonds is 5. The number of pyridine rings is 1. The third-order valence-electron chi connectivity index (χ3n) is 7.58. The van der Waals surface area contributed by atoms with Gasteiger partial charge in [-0.1, -0.05) is 51.4 Å². The monoisotopic (exact) mass is 471 g/mol. The topological polar surface area (TPSA) is 80.6 Å². The highest BCUT2D eigenvalue weighted by atomic mass is 16.5. The molecule has 1 N–H and O–H groups in total. The van der Waals surface area contributed by atoms with Gasteiger partial charge in [-0.15, -0.1) is 0 Å². The van der Waals surface area contributed by atoms with Crippen molar-refractivity contribution in [1.29, 1.82) is 0 Å². The molecule has 1 atom stereocenters. The van der Waals surface area contributed by atoms with Gasteiger partial charge in [-0.05, 0) is 38.5 Å². The van der Waals surface area contributed by atoms with Crippen LogP contribution in [0.4, 0.5) is 0 Å². The molecule has 3 aliphatic rings. The summed E-state index contributed by atoms with van der Waals surface area (Å²) in [7, 11) is 0.